The molecule has 0 atom stereocenters. The van der Waals surface area contributed by atoms with Gasteiger partial charge in [-0.05, 0) is 118 Å². The molecule has 4 heteroatoms. The highest BCUT2D eigenvalue weighted by atomic mass is 16.1. The number of hydrogen-bond acceptors (Lipinski definition) is 2. The smallest absolute Gasteiger partial charge is 0.197 e. The Hall–Kier alpha value is -4.96. The van der Waals surface area contributed by atoms with E-state index in [1.165, 1.54) is 22.3 Å². The number of benzene rings is 5. The van der Waals surface area contributed by atoms with Crippen LogP contribution in [0.15, 0.2) is 94.5 Å². The predicted molar refractivity (Wildman–Crippen MR) is 176 cm³/mol. The molecule has 0 amide bonds. The van der Waals surface area contributed by atoms with Crippen molar-refractivity contribution in [3.8, 4) is 11.4 Å². The minimum atomic E-state index is -0.0381. The highest BCUT2D eigenvalue weighted by molar-refractivity contribution is 6.05. The molecule has 0 N–H and O–H groups in total. The molecule has 0 aliphatic rings. The van der Waals surface area contributed by atoms with Gasteiger partial charge in [0.25, 0.3) is 0 Å². The van der Waals surface area contributed by atoms with Gasteiger partial charge in [-0.2, -0.15) is 0 Å². The molecule has 0 fully saturated rings. The molecular weight excluding hydrogens is 516 g/mol. The third kappa shape index (κ3) is 3.68. The Bertz CT molecular complexity index is 2360. The van der Waals surface area contributed by atoms with Crippen LogP contribution in [0.5, 0.6) is 0 Å². The van der Waals surface area contributed by atoms with E-state index in [2.05, 4.69) is 74.9 Å². The van der Waals surface area contributed by atoms with Gasteiger partial charge in [0.05, 0.1) is 27.8 Å². The number of fused-ring (bicyclic) bond motifs is 4. The second kappa shape index (κ2) is 9.28. The lowest BCUT2D eigenvalue weighted by atomic mass is 10.00. The summed E-state index contributed by atoms with van der Waals surface area (Å²) in [6.45, 7) is 12.7. The topological polar surface area (TPSA) is 44.0 Å². The number of nitrogens with zero attached hydrogens (tertiary/aromatic N) is 2. The molecule has 0 saturated heterocycles. The number of aromatic nitrogens is 2. The lowest BCUT2D eigenvalue weighted by molar-refractivity contribution is 1.10. The quantitative estimate of drug-likeness (QED) is 0.204. The maximum absolute atomic E-state index is 14.2. The molecule has 2 heterocycles. The lowest BCUT2D eigenvalue weighted by Crippen LogP contribution is -2.15. The summed E-state index contributed by atoms with van der Waals surface area (Å²) in [5.41, 5.74) is 12.1. The molecule has 7 aromatic rings. The van der Waals surface area contributed by atoms with Gasteiger partial charge in [-0.3, -0.25) is 9.59 Å². The van der Waals surface area contributed by atoms with E-state index < -0.39 is 0 Å². The molecule has 4 nitrogen and oxygen atoms in total. The number of aryl methyl sites for hydroxylation is 5. The van der Waals surface area contributed by atoms with E-state index in [-0.39, 0.29) is 10.9 Å². The van der Waals surface area contributed by atoms with Crippen LogP contribution in [0.3, 0.4) is 0 Å². The fourth-order valence-electron chi connectivity index (χ4n) is 6.77. The average molecular weight is 549 g/mol. The van der Waals surface area contributed by atoms with Crippen molar-refractivity contribution < 1.29 is 0 Å². The van der Waals surface area contributed by atoms with Crippen molar-refractivity contribution in [1.29, 1.82) is 0 Å². The SMILES string of the molecule is Cc1cc(C)c(-n2c3ccccc3c(=O)c3cc4c(cc32)c(=O)c2ccccc2n4-c2cc(C)c(C)c(C)c2)c(C)c1. The highest BCUT2D eigenvalue weighted by Crippen LogP contribution is 2.33. The first kappa shape index (κ1) is 26.0. The lowest BCUT2D eigenvalue weighted by Gasteiger charge is -2.22. The fourth-order valence-corrected chi connectivity index (χ4v) is 6.77. The van der Waals surface area contributed by atoms with Crippen molar-refractivity contribution in [3.05, 3.63) is 139 Å². The highest BCUT2D eigenvalue weighted by Gasteiger charge is 2.20. The van der Waals surface area contributed by atoms with Gasteiger partial charge in [0, 0.05) is 27.2 Å². The number of pyridine rings is 2. The largest absolute Gasteiger partial charge is 0.309 e. The Morgan fingerprint density at radius 3 is 1.43 bits per heavy atom. The van der Waals surface area contributed by atoms with E-state index in [1.807, 2.05) is 60.7 Å². The molecular formula is C38H32N2O2. The average Bonchev–Trinajstić information content (AvgIpc) is 2.96. The zero-order valence-electron chi connectivity index (χ0n) is 24.8. The van der Waals surface area contributed by atoms with E-state index in [9.17, 15) is 9.59 Å². The van der Waals surface area contributed by atoms with Crippen molar-refractivity contribution in [3.63, 3.8) is 0 Å². The van der Waals surface area contributed by atoms with Crippen molar-refractivity contribution in [2.75, 3.05) is 0 Å². The van der Waals surface area contributed by atoms with E-state index in [4.69, 9.17) is 0 Å². The maximum atomic E-state index is 14.2. The minimum Gasteiger partial charge on any atom is -0.309 e. The first-order valence-electron chi connectivity index (χ1n) is 14.4. The second-order valence-corrected chi connectivity index (χ2v) is 11.7. The predicted octanol–water partition coefficient (Wildman–Crippen LogP) is 8.45. The Morgan fingerprint density at radius 2 is 0.905 bits per heavy atom. The van der Waals surface area contributed by atoms with Crippen molar-refractivity contribution in [1.82, 2.24) is 9.13 Å². The molecule has 2 aromatic heterocycles. The summed E-state index contributed by atoms with van der Waals surface area (Å²) in [5.74, 6) is 0. The molecule has 0 unspecified atom stereocenters. The number of hydrogen-bond donors (Lipinski definition) is 0. The van der Waals surface area contributed by atoms with Gasteiger partial charge in [0.2, 0.25) is 0 Å². The molecule has 0 saturated carbocycles. The van der Waals surface area contributed by atoms with Gasteiger partial charge < -0.3 is 9.13 Å². The molecule has 5 aromatic carbocycles. The zero-order valence-corrected chi connectivity index (χ0v) is 24.8. The summed E-state index contributed by atoms with van der Waals surface area (Å²) in [4.78, 5) is 28.4. The summed E-state index contributed by atoms with van der Waals surface area (Å²) in [6.07, 6.45) is 0. The van der Waals surface area contributed by atoms with Gasteiger partial charge in [-0.15, -0.1) is 0 Å². The van der Waals surface area contributed by atoms with Crippen LogP contribution in [0.1, 0.15) is 33.4 Å². The third-order valence-corrected chi connectivity index (χ3v) is 8.89. The van der Waals surface area contributed by atoms with Gasteiger partial charge in [0.1, 0.15) is 0 Å². The summed E-state index contributed by atoms with van der Waals surface area (Å²) >= 11 is 0. The summed E-state index contributed by atoms with van der Waals surface area (Å²) < 4.78 is 4.32. The Morgan fingerprint density at radius 1 is 0.452 bits per heavy atom. The molecule has 0 radical (unpaired) electrons. The Kier molecular flexibility index (Phi) is 5.74. The van der Waals surface area contributed by atoms with Crippen LogP contribution in [0, 0.1) is 41.5 Å². The summed E-state index contributed by atoms with van der Waals surface area (Å²) in [6, 6.07) is 28.1. The van der Waals surface area contributed by atoms with Crippen molar-refractivity contribution in [2.24, 2.45) is 0 Å². The first-order valence-corrected chi connectivity index (χ1v) is 14.4. The van der Waals surface area contributed by atoms with Crippen LogP contribution in [-0.4, -0.2) is 9.13 Å². The summed E-state index contributed by atoms with van der Waals surface area (Å²) in [7, 11) is 0. The van der Waals surface area contributed by atoms with E-state index in [0.29, 0.717) is 21.5 Å². The molecule has 0 spiro atoms. The number of rotatable bonds is 2. The van der Waals surface area contributed by atoms with Gasteiger partial charge in [0.15, 0.2) is 10.9 Å². The number of para-hydroxylation sites is 2. The van der Waals surface area contributed by atoms with Gasteiger partial charge in [-0.1, -0.05) is 42.0 Å². The second-order valence-electron chi connectivity index (χ2n) is 11.7. The molecule has 42 heavy (non-hydrogen) atoms. The van der Waals surface area contributed by atoms with Gasteiger partial charge >= 0.3 is 0 Å². The Labute approximate surface area is 244 Å². The summed E-state index contributed by atoms with van der Waals surface area (Å²) in [5, 5.41) is 2.48. The van der Waals surface area contributed by atoms with Crippen molar-refractivity contribution in [2.45, 2.75) is 41.5 Å². The van der Waals surface area contributed by atoms with Crippen LogP contribution in [0.2, 0.25) is 0 Å². The van der Waals surface area contributed by atoms with Crippen LogP contribution in [0.25, 0.3) is 55.0 Å². The molecule has 7 rings (SSSR count). The Balaban J connectivity index is 1.76. The minimum absolute atomic E-state index is 0.0374. The first-order chi connectivity index (χ1) is 20.2. The zero-order chi connectivity index (χ0) is 29.4. The molecule has 0 aliphatic heterocycles. The molecule has 0 bridgehead atoms. The van der Waals surface area contributed by atoms with Crippen LogP contribution >= 0.6 is 0 Å². The standard InChI is InChI=1S/C38H32N2O2/c1-21-15-24(4)36(25(5)16-21)40-33-14-10-8-12-29(33)38(42)31-19-34-30(20-35(31)40)37(41)28-11-7-9-13-32(28)39(34)27-17-22(2)26(6)23(3)18-27/h7-20H,1-6H3. The molecule has 0 aliphatic carbocycles. The van der Waals surface area contributed by atoms with Crippen LogP contribution in [-0.2, 0) is 0 Å². The monoisotopic (exact) mass is 548 g/mol. The maximum Gasteiger partial charge on any atom is 0.197 e. The fraction of sp³-hybridized carbons (Fsp3) is 0.158. The van der Waals surface area contributed by atoms with E-state index >= 15 is 0 Å². The third-order valence-electron chi connectivity index (χ3n) is 8.89. The molecule has 206 valence electrons. The van der Waals surface area contributed by atoms with Gasteiger partial charge in [-0.25, -0.2) is 0 Å². The normalized spacial score (nSPS) is 11.8. The van der Waals surface area contributed by atoms with E-state index in [1.54, 1.807) is 0 Å². The van der Waals surface area contributed by atoms with Crippen LogP contribution < -0.4 is 10.9 Å². The van der Waals surface area contributed by atoms with Crippen molar-refractivity contribution >= 4 is 43.6 Å². The van der Waals surface area contributed by atoms with E-state index in [0.717, 1.165) is 44.6 Å². The van der Waals surface area contributed by atoms with Crippen LogP contribution in [0.4, 0.5) is 0 Å².